The second-order valence-corrected chi connectivity index (χ2v) is 5.32. The number of amides is 2. The number of benzene rings is 2. The number of anilines is 1. The Morgan fingerprint density at radius 1 is 1.12 bits per heavy atom. The van der Waals surface area contributed by atoms with Gasteiger partial charge in [-0.2, -0.15) is 0 Å². The lowest BCUT2D eigenvalue weighted by Crippen LogP contribution is -2.18. The van der Waals surface area contributed by atoms with Crippen LogP contribution in [-0.2, 0) is 11.2 Å². The van der Waals surface area contributed by atoms with Crippen molar-refractivity contribution in [1.82, 2.24) is 0 Å². The van der Waals surface area contributed by atoms with Crippen molar-refractivity contribution in [2.75, 3.05) is 5.32 Å². The lowest BCUT2D eigenvalue weighted by atomic mass is 10.1. The van der Waals surface area contributed by atoms with Crippen LogP contribution in [-0.4, -0.2) is 16.7 Å². The van der Waals surface area contributed by atoms with Crippen LogP contribution < -0.4 is 11.1 Å². The summed E-state index contributed by atoms with van der Waals surface area (Å²) in [5.41, 5.74) is 6.49. The normalized spacial score (nSPS) is 10.6. The number of primary amides is 1. The first kappa shape index (κ1) is 16.2. The van der Waals surface area contributed by atoms with Crippen molar-refractivity contribution in [3.8, 4) is 0 Å². The number of nitrogens with two attached hydrogens (primary N) is 1. The molecular weight excluding hydrogens is 326 g/mol. The van der Waals surface area contributed by atoms with Crippen molar-refractivity contribution in [3.05, 3.63) is 70.0 Å². The topological polar surface area (TPSA) is 128 Å². The van der Waals surface area contributed by atoms with Crippen LogP contribution >= 0.6 is 0 Å². The average Bonchev–Trinajstić information content (AvgIpc) is 2.94. The first-order valence-corrected chi connectivity index (χ1v) is 7.30. The number of hydrogen-bond acceptors (Lipinski definition) is 5. The summed E-state index contributed by atoms with van der Waals surface area (Å²) in [6.07, 6.45) is -0.0182. The number of para-hydroxylation sites is 1. The number of nitrogens with one attached hydrogen (secondary N) is 1. The third kappa shape index (κ3) is 3.32. The van der Waals surface area contributed by atoms with Crippen LogP contribution in [0.2, 0.25) is 0 Å². The molecule has 0 bridgehead atoms. The summed E-state index contributed by atoms with van der Waals surface area (Å²) in [5.74, 6) is -1.32. The van der Waals surface area contributed by atoms with Crippen molar-refractivity contribution >= 4 is 34.2 Å². The molecule has 1 aromatic heterocycles. The van der Waals surface area contributed by atoms with Crippen LogP contribution in [0.25, 0.3) is 11.0 Å². The number of non-ortho nitro benzene ring substituents is 1. The Morgan fingerprint density at radius 3 is 2.44 bits per heavy atom. The standard InChI is InChI=1S/C17H13N3O5/c18-17(22)16-15(12-3-1-2-4-13(12)25-16)19-14(21)9-10-5-7-11(8-6-10)20(23)24/h1-8H,9H2,(H2,18,22)(H,19,21). The number of hydrogen-bond donors (Lipinski definition) is 2. The molecule has 0 aliphatic heterocycles. The van der Waals surface area contributed by atoms with Crippen molar-refractivity contribution in [1.29, 1.82) is 0 Å². The van der Waals surface area contributed by atoms with E-state index in [0.29, 0.717) is 16.5 Å². The van der Waals surface area contributed by atoms with E-state index in [1.54, 1.807) is 24.3 Å². The van der Waals surface area contributed by atoms with Crippen LogP contribution in [0.3, 0.4) is 0 Å². The molecule has 3 rings (SSSR count). The van der Waals surface area contributed by atoms with Crippen molar-refractivity contribution < 1.29 is 18.9 Å². The summed E-state index contributed by atoms with van der Waals surface area (Å²) in [6, 6.07) is 12.5. The van der Waals surface area contributed by atoms with Crippen LogP contribution in [0.4, 0.5) is 11.4 Å². The number of rotatable bonds is 5. The molecule has 2 aromatic carbocycles. The van der Waals surface area contributed by atoms with Gasteiger partial charge in [0.2, 0.25) is 11.7 Å². The summed E-state index contributed by atoms with van der Waals surface area (Å²) in [6.45, 7) is 0. The summed E-state index contributed by atoms with van der Waals surface area (Å²) in [4.78, 5) is 34.0. The second-order valence-electron chi connectivity index (χ2n) is 5.32. The maximum Gasteiger partial charge on any atom is 0.286 e. The summed E-state index contributed by atoms with van der Waals surface area (Å²) < 4.78 is 5.39. The number of nitro groups is 1. The molecule has 0 aliphatic carbocycles. The van der Waals surface area contributed by atoms with Crippen LogP contribution in [0.5, 0.6) is 0 Å². The predicted molar refractivity (Wildman–Crippen MR) is 90.2 cm³/mol. The quantitative estimate of drug-likeness (QED) is 0.545. The zero-order valence-electron chi connectivity index (χ0n) is 12.9. The number of nitro benzene ring substituents is 1. The van der Waals surface area contributed by atoms with E-state index in [9.17, 15) is 19.7 Å². The number of carbonyl (C=O) groups excluding carboxylic acids is 2. The van der Waals surface area contributed by atoms with Gasteiger partial charge in [0.25, 0.3) is 11.6 Å². The largest absolute Gasteiger partial charge is 0.449 e. The monoisotopic (exact) mass is 339 g/mol. The highest BCUT2D eigenvalue weighted by molar-refractivity contribution is 6.10. The third-order valence-corrected chi connectivity index (χ3v) is 3.60. The lowest BCUT2D eigenvalue weighted by molar-refractivity contribution is -0.384. The fourth-order valence-corrected chi connectivity index (χ4v) is 2.45. The van der Waals surface area contributed by atoms with E-state index in [2.05, 4.69) is 5.32 Å². The maximum atomic E-state index is 12.3. The van der Waals surface area contributed by atoms with Gasteiger partial charge in [0.1, 0.15) is 11.3 Å². The van der Waals surface area contributed by atoms with E-state index in [-0.39, 0.29) is 23.6 Å². The zero-order valence-corrected chi connectivity index (χ0v) is 12.9. The van der Waals surface area contributed by atoms with Gasteiger partial charge in [0, 0.05) is 17.5 Å². The SMILES string of the molecule is NC(=O)c1oc2ccccc2c1NC(=O)Cc1ccc([N+](=O)[O-])cc1. The minimum Gasteiger partial charge on any atom is -0.449 e. The highest BCUT2D eigenvalue weighted by Crippen LogP contribution is 2.30. The molecule has 2 amide bonds. The summed E-state index contributed by atoms with van der Waals surface area (Å²) in [7, 11) is 0. The first-order chi connectivity index (χ1) is 12.0. The van der Waals surface area contributed by atoms with Gasteiger partial charge in [-0.05, 0) is 17.7 Å². The predicted octanol–water partition coefficient (Wildman–Crippen LogP) is 2.62. The molecular formula is C17H13N3O5. The van der Waals surface area contributed by atoms with E-state index >= 15 is 0 Å². The third-order valence-electron chi connectivity index (χ3n) is 3.60. The van der Waals surface area contributed by atoms with Crippen LogP contribution in [0.15, 0.2) is 52.9 Å². The smallest absolute Gasteiger partial charge is 0.286 e. The summed E-state index contributed by atoms with van der Waals surface area (Å²) in [5, 5.41) is 13.8. The Bertz CT molecular complexity index is 976. The highest BCUT2D eigenvalue weighted by Gasteiger charge is 2.20. The maximum absolute atomic E-state index is 12.3. The zero-order chi connectivity index (χ0) is 18.0. The molecule has 0 radical (unpaired) electrons. The first-order valence-electron chi connectivity index (χ1n) is 7.30. The molecule has 3 N–H and O–H groups in total. The van der Waals surface area contributed by atoms with Gasteiger partial charge in [0.05, 0.1) is 11.3 Å². The van der Waals surface area contributed by atoms with E-state index in [4.69, 9.17) is 10.2 Å². The minimum absolute atomic E-state index is 0.0182. The molecule has 3 aromatic rings. The molecule has 0 unspecified atom stereocenters. The van der Waals surface area contributed by atoms with Crippen LogP contribution in [0.1, 0.15) is 16.1 Å². The Balaban J connectivity index is 1.83. The van der Waals surface area contributed by atoms with Gasteiger partial charge in [-0.25, -0.2) is 0 Å². The molecule has 126 valence electrons. The molecule has 0 saturated carbocycles. The molecule has 25 heavy (non-hydrogen) atoms. The molecule has 0 aliphatic rings. The van der Waals surface area contributed by atoms with Gasteiger partial charge in [-0.3, -0.25) is 19.7 Å². The van der Waals surface area contributed by atoms with Gasteiger partial charge in [-0.15, -0.1) is 0 Å². The Kier molecular flexibility index (Phi) is 4.17. The summed E-state index contributed by atoms with van der Waals surface area (Å²) >= 11 is 0. The van der Waals surface area contributed by atoms with Crippen molar-refractivity contribution in [2.45, 2.75) is 6.42 Å². The van der Waals surface area contributed by atoms with Gasteiger partial charge < -0.3 is 15.5 Å². The van der Waals surface area contributed by atoms with Crippen LogP contribution in [0, 0.1) is 10.1 Å². The van der Waals surface area contributed by atoms with E-state index in [1.807, 2.05) is 0 Å². The lowest BCUT2D eigenvalue weighted by Gasteiger charge is -2.05. The Hall–Kier alpha value is -3.68. The number of furan rings is 1. The molecule has 0 fully saturated rings. The highest BCUT2D eigenvalue weighted by atomic mass is 16.6. The van der Waals surface area contributed by atoms with E-state index in [0.717, 1.165) is 0 Å². The van der Waals surface area contributed by atoms with Crippen molar-refractivity contribution in [3.63, 3.8) is 0 Å². The Morgan fingerprint density at radius 2 is 1.80 bits per heavy atom. The molecule has 1 heterocycles. The number of nitrogens with zero attached hydrogens (tertiary/aromatic N) is 1. The van der Waals surface area contributed by atoms with Gasteiger partial charge in [-0.1, -0.05) is 24.3 Å². The molecule has 8 nitrogen and oxygen atoms in total. The molecule has 0 spiro atoms. The molecule has 0 saturated heterocycles. The molecule has 8 heteroatoms. The Labute approximate surface area is 141 Å². The van der Waals surface area contributed by atoms with E-state index in [1.165, 1.54) is 24.3 Å². The molecule has 0 atom stereocenters. The van der Waals surface area contributed by atoms with Crippen molar-refractivity contribution in [2.24, 2.45) is 5.73 Å². The average molecular weight is 339 g/mol. The minimum atomic E-state index is -0.790. The number of fused-ring (bicyclic) bond motifs is 1. The second kappa shape index (κ2) is 6.44. The fraction of sp³-hybridized carbons (Fsp3) is 0.0588. The van der Waals surface area contributed by atoms with E-state index < -0.39 is 16.7 Å². The van der Waals surface area contributed by atoms with Gasteiger partial charge >= 0.3 is 0 Å². The fourth-order valence-electron chi connectivity index (χ4n) is 2.45. The van der Waals surface area contributed by atoms with Gasteiger partial charge in [0.15, 0.2) is 0 Å². The number of carbonyl (C=O) groups is 2.